The number of alkyl halides is 1. The molecule has 5 nitrogen and oxygen atoms in total. The number of carbonyl (C=O) groups excluding carboxylic acids is 2. The highest BCUT2D eigenvalue weighted by molar-refractivity contribution is 9.09. The average molecular weight is 406 g/mol. The summed E-state index contributed by atoms with van der Waals surface area (Å²) in [6, 6.07) is 18.2. The van der Waals surface area contributed by atoms with Crippen LogP contribution in [0.4, 0.5) is 9.59 Å². The topological polar surface area (TPSA) is 55.8 Å². The molecular formula is C19H20BrNO4. The first-order chi connectivity index (χ1) is 12.1. The Balaban J connectivity index is 1.96. The Labute approximate surface area is 155 Å². The molecule has 1 unspecified atom stereocenters. The molecule has 0 radical (unpaired) electrons. The summed E-state index contributed by atoms with van der Waals surface area (Å²) in [6.07, 6.45) is -1.46. The zero-order valence-electron chi connectivity index (χ0n) is 13.9. The minimum Gasteiger partial charge on any atom is -0.444 e. The molecule has 0 aliphatic rings. The molecule has 0 heterocycles. The fourth-order valence-electron chi connectivity index (χ4n) is 2.08. The van der Waals surface area contributed by atoms with Crippen LogP contribution in [0.1, 0.15) is 18.1 Å². The Morgan fingerprint density at radius 2 is 1.28 bits per heavy atom. The van der Waals surface area contributed by atoms with Crippen LogP contribution in [0.3, 0.4) is 0 Å². The van der Waals surface area contributed by atoms with Gasteiger partial charge in [-0.2, -0.15) is 0 Å². The van der Waals surface area contributed by atoms with E-state index in [1.807, 2.05) is 60.7 Å². The average Bonchev–Trinajstić information content (AvgIpc) is 2.66. The molecule has 132 valence electrons. The maximum Gasteiger partial charge on any atom is 0.419 e. The molecule has 0 N–H and O–H groups in total. The normalized spacial score (nSPS) is 11.4. The van der Waals surface area contributed by atoms with Gasteiger partial charge < -0.3 is 9.47 Å². The molecule has 2 aromatic carbocycles. The first kappa shape index (κ1) is 19.0. The molecular weight excluding hydrogens is 386 g/mol. The van der Waals surface area contributed by atoms with Gasteiger partial charge in [0, 0.05) is 5.33 Å². The van der Waals surface area contributed by atoms with Gasteiger partial charge in [0.15, 0.2) is 0 Å². The molecule has 0 spiro atoms. The van der Waals surface area contributed by atoms with Gasteiger partial charge in [0.2, 0.25) is 0 Å². The van der Waals surface area contributed by atoms with Gasteiger partial charge in [0.1, 0.15) is 13.2 Å². The largest absolute Gasteiger partial charge is 0.444 e. The maximum atomic E-state index is 12.4. The van der Waals surface area contributed by atoms with Crippen LogP contribution in [-0.2, 0) is 22.7 Å². The van der Waals surface area contributed by atoms with Crippen LogP contribution in [0.15, 0.2) is 60.7 Å². The van der Waals surface area contributed by atoms with E-state index in [2.05, 4.69) is 15.9 Å². The lowest BCUT2D eigenvalue weighted by molar-refractivity contribution is 0.0617. The quantitative estimate of drug-likeness (QED) is 0.650. The molecule has 0 aliphatic carbocycles. The zero-order chi connectivity index (χ0) is 18.1. The third-order valence-corrected chi connectivity index (χ3v) is 4.40. The molecule has 0 aromatic heterocycles. The van der Waals surface area contributed by atoms with Gasteiger partial charge in [-0.15, -0.1) is 0 Å². The van der Waals surface area contributed by atoms with Crippen LogP contribution >= 0.6 is 15.9 Å². The van der Waals surface area contributed by atoms with E-state index in [0.29, 0.717) is 5.33 Å². The lowest BCUT2D eigenvalue weighted by Gasteiger charge is -2.24. The summed E-state index contributed by atoms with van der Waals surface area (Å²) in [4.78, 5) is 25.7. The van der Waals surface area contributed by atoms with E-state index in [4.69, 9.17) is 9.47 Å². The van der Waals surface area contributed by atoms with E-state index < -0.39 is 18.2 Å². The molecule has 2 aromatic rings. The summed E-state index contributed by atoms with van der Waals surface area (Å²) in [7, 11) is 0. The standard InChI is InChI=1S/C19H20BrNO4/c1-15(12-20)21(18(22)24-13-16-8-4-2-5-9-16)19(23)25-14-17-10-6-3-7-11-17/h2-11,15H,12-14H2,1H3. The first-order valence-electron chi connectivity index (χ1n) is 7.88. The fourth-order valence-corrected chi connectivity index (χ4v) is 2.37. The van der Waals surface area contributed by atoms with E-state index in [-0.39, 0.29) is 13.2 Å². The summed E-state index contributed by atoms with van der Waals surface area (Å²) in [6.45, 7) is 1.93. The summed E-state index contributed by atoms with van der Waals surface area (Å²) >= 11 is 3.29. The lowest BCUT2D eigenvalue weighted by atomic mass is 10.2. The smallest absolute Gasteiger partial charge is 0.419 e. The van der Waals surface area contributed by atoms with Crippen LogP contribution in [0.2, 0.25) is 0 Å². The summed E-state index contributed by atoms with van der Waals surface area (Å²) < 4.78 is 10.5. The van der Waals surface area contributed by atoms with Gasteiger partial charge in [-0.05, 0) is 18.1 Å². The fraction of sp³-hybridized carbons (Fsp3) is 0.263. The van der Waals surface area contributed by atoms with E-state index in [1.165, 1.54) is 0 Å². The number of hydrogen-bond acceptors (Lipinski definition) is 4. The van der Waals surface area contributed by atoms with Crippen molar-refractivity contribution in [3.05, 3.63) is 71.8 Å². The molecule has 0 fully saturated rings. The van der Waals surface area contributed by atoms with Crippen LogP contribution < -0.4 is 0 Å². The van der Waals surface area contributed by atoms with Crippen LogP contribution in [0, 0.1) is 0 Å². The van der Waals surface area contributed by atoms with Crippen molar-refractivity contribution in [3.63, 3.8) is 0 Å². The van der Waals surface area contributed by atoms with Crippen LogP contribution in [0.5, 0.6) is 0 Å². The van der Waals surface area contributed by atoms with Gasteiger partial charge >= 0.3 is 12.2 Å². The molecule has 2 rings (SSSR count). The van der Waals surface area contributed by atoms with Crippen molar-refractivity contribution in [3.8, 4) is 0 Å². The third-order valence-electron chi connectivity index (χ3n) is 3.47. The molecule has 6 heteroatoms. The van der Waals surface area contributed by atoms with Crippen molar-refractivity contribution < 1.29 is 19.1 Å². The highest BCUT2D eigenvalue weighted by atomic mass is 79.9. The summed E-state index contributed by atoms with van der Waals surface area (Å²) in [5.41, 5.74) is 1.69. The second-order valence-corrected chi connectivity index (χ2v) is 6.10. The van der Waals surface area contributed by atoms with E-state index in [0.717, 1.165) is 16.0 Å². The molecule has 25 heavy (non-hydrogen) atoms. The summed E-state index contributed by atoms with van der Waals surface area (Å²) in [5, 5.41) is 0.424. The molecule has 2 amide bonds. The molecule has 0 bridgehead atoms. The van der Waals surface area contributed by atoms with Crippen molar-refractivity contribution in [1.29, 1.82) is 0 Å². The number of halogens is 1. The first-order valence-corrected chi connectivity index (χ1v) is 9.00. The van der Waals surface area contributed by atoms with Crippen molar-refractivity contribution in [2.75, 3.05) is 5.33 Å². The number of rotatable bonds is 6. The number of benzene rings is 2. The second kappa shape index (κ2) is 9.84. The predicted octanol–water partition coefficient (Wildman–Crippen LogP) is 4.75. The number of nitrogens with zero attached hydrogens (tertiary/aromatic N) is 1. The predicted molar refractivity (Wildman–Crippen MR) is 98.3 cm³/mol. The number of amides is 2. The Kier molecular flexibility index (Phi) is 7.47. The highest BCUT2D eigenvalue weighted by Crippen LogP contribution is 2.12. The number of hydrogen-bond donors (Lipinski definition) is 0. The molecule has 1 atom stereocenters. The number of carbonyl (C=O) groups is 2. The van der Waals surface area contributed by atoms with E-state index >= 15 is 0 Å². The van der Waals surface area contributed by atoms with Gasteiger partial charge in [-0.1, -0.05) is 76.6 Å². The minimum absolute atomic E-state index is 0.0944. The van der Waals surface area contributed by atoms with Gasteiger partial charge in [-0.25, -0.2) is 14.5 Å². The number of imide groups is 1. The minimum atomic E-state index is -0.728. The Morgan fingerprint density at radius 3 is 1.64 bits per heavy atom. The van der Waals surface area contributed by atoms with Crippen LogP contribution in [0.25, 0.3) is 0 Å². The van der Waals surface area contributed by atoms with E-state index in [9.17, 15) is 9.59 Å². The molecule has 0 saturated heterocycles. The lowest BCUT2D eigenvalue weighted by Crippen LogP contribution is -2.44. The third kappa shape index (κ3) is 5.90. The van der Waals surface area contributed by atoms with Crippen LogP contribution in [-0.4, -0.2) is 28.5 Å². The van der Waals surface area contributed by atoms with E-state index in [1.54, 1.807) is 6.92 Å². The van der Waals surface area contributed by atoms with Crippen molar-refractivity contribution in [2.24, 2.45) is 0 Å². The van der Waals surface area contributed by atoms with Gasteiger partial charge in [0.25, 0.3) is 0 Å². The van der Waals surface area contributed by atoms with Gasteiger partial charge in [-0.3, -0.25) is 0 Å². The zero-order valence-corrected chi connectivity index (χ0v) is 15.5. The maximum absolute atomic E-state index is 12.4. The molecule has 0 aliphatic heterocycles. The van der Waals surface area contributed by atoms with Crippen molar-refractivity contribution in [1.82, 2.24) is 4.90 Å². The van der Waals surface area contributed by atoms with Gasteiger partial charge in [0.05, 0.1) is 6.04 Å². The highest BCUT2D eigenvalue weighted by Gasteiger charge is 2.29. The second-order valence-electron chi connectivity index (χ2n) is 5.45. The Morgan fingerprint density at radius 1 is 0.880 bits per heavy atom. The molecule has 0 saturated carbocycles. The summed E-state index contributed by atoms with van der Waals surface area (Å²) in [5.74, 6) is 0. The Bertz CT molecular complexity index is 623. The van der Waals surface area contributed by atoms with Crippen molar-refractivity contribution in [2.45, 2.75) is 26.2 Å². The monoisotopic (exact) mass is 405 g/mol. The Hall–Kier alpha value is -2.34. The van der Waals surface area contributed by atoms with Crippen molar-refractivity contribution >= 4 is 28.1 Å². The number of ether oxygens (including phenoxy) is 2. The SMILES string of the molecule is CC(CBr)N(C(=O)OCc1ccccc1)C(=O)OCc1ccccc1.